The number of ether oxygens (including phenoxy) is 1. The second kappa shape index (κ2) is 10.2. The van der Waals surface area contributed by atoms with Crippen molar-refractivity contribution in [3.8, 4) is 6.07 Å². The smallest absolute Gasteiger partial charge is 0.320 e. The molecule has 0 atom stereocenters. The highest BCUT2D eigenvalue weighted by Crippen LogP contribution is 2.26. The van der Waals surface area contributed by atoms with Crippen molar-refractivity contribution in [2.45, 2.75) is 47.1 Å². The van der Waals surface area contributed by atoms with Crippen molar-refractivity contribution in [3.63, 3.8) is 0 Å². The van der Waals surface area contributed by atoms with Gasteiger partial charge in [-0.15, -0.1) is 0 Å². The van der Waals surface area contributed by atoms with Crippen LogP contribution in [0.5, 0.6) is 0 Å². The Kier molecular flexibility index (Phi) is 7.57. The van der Waals surface area contributed by atoms with Gasteiger partial charge in [0.25, 0.3) is 0 Å². The topological polar surface area (TPSA) is 105 Å². The Labute approximate surface area is 202 Å². The monoisotopic (exact) mass is 462 g/mol. The number of carbonyl (C=O) groups excluding carboxylic acids is 1. The summed E-state index contributed by atoms with van der Waals surface area (Å²) in [4.78, 5) is 20.7. The summed E-state index contributed by atoms with van der Waals surface area (Å²) in [5.41, 5.74) is 5.61. The first-order valence-electron chi connectivity index (χ1n) is 11.4. The van der Waals surface area contributed by atoms with Gasteiger partial charge in [-0.25, -0.2) is 4.99 Å². The fourth-order valence-corrected chi connectivity index (χ4v) is 4.16. The molecule has 2 heterocycles. The van der Waals surface area contributed by atoms with Gasteiger partial charge in [0.1, 0.15) is 11.4 Å². The minimum atomic E-state index is -0.541. The number of likely N-dealkylation sites (tertiary alicyclic amines) is 1. The number of aliphatic imine (C=N–C) groups is 1. The van der Waals surface area contributed by atoms with Crippen molar-refractivity contribution in [2.24, 2.45) is 4.99 Å². The van der Waals surface area contributed by atoms with Gasteiger partial charge >= 0.3 is 5.97 Å². The molecule has 1 fully saturated rings. The molecular weight excluding hydrogens is 428 g/mol. The van der Waals surface area contributed by atoms with Crippen molar-refractivity contribution in [1.29, 1.82) is 10.7 Å². The van der Waals surface area contributed by atoms with E-state index in [0.29, 0.717) is 37.5 Å². The number of hydrogen-bond acceptors (Lipinski definition) is 7. The standard InChI is InChI=1S/C26H34N6O2/c1-17-7-18(2)9-22(8-17)30-19(3)29-11-21-13-32(14-23(21)28)24-15-31(12-20(24)10-27)16-25(33)34-26(4,5)6/h7-9,11,28H,12-16H2,1-6H3,(H,29,30)/b21-11-,28-23?. The van der Waals surface area contributed by atoms with Gasteiger partial charge in [0, 0.05) is 42.8 Å². The summed E-state index contributed by atoms with van der Waals surface area (Å²) >= 11 is 0. The average molecular weight is 463 g/mol. The van der Waals surface area contributed by atoms with E-state index in [-0.39, 0.29) is 12.5 Å². The number of amidine groups is 1. The number of aryl methyl sites for hydroxylation is 2. The molecule has 1 saturated heterocycles. The molecule has 3 rings (SSSR count). The first-order chi connectivity index (χ1) is 15.9. The summed E-state index contributed by atoms with van der Waals surface area (Å²) in [6.07, 6.45) is 1.73. The van der Waals surface area contributed by atoms with Crippen molar-refractivity contribution >= 4 is 23.2 Å². The van der Waals surface area contributed by atoms with Crippen LogP contribution >= 0.6 is 0 Å². The van der Waals surface area contributed by atoms with Crippen molar-refractivity contribution < 1.29 is 9.53 Å². The molecule has 2 aliphatic rings. The second-order valence-electron chi connectivity index (χ2n) is 9.97. The largest absolute Gasteiger partial charge is 0.459 e. The minimum Gasteiger partial charge on any atom is -0.459 e. The summed E-state index contributed by atoms with van der Waals surface area (Å²) in [6.45, 7) is 13.5. The molecule has 0 saturated carbocycles. The molecule has 0 amide bonds. The molecule has 0 bridgehead atoms. The Morgan fingerprint density at radius 2 is 1.88 bits per heavy atom. The van der Waals surface area contributed by atoms with Gasteiger partial charge in [0.05, 0.1) is 30.4 Å². The molecular formula is C26H34N6O2. The van der Waals surface area contributed by atoms with Crippen LogP contribution in [0.4, 0.5) is 5.69 Å². The van der Waals surface area contributed by atoms with E-state index in [1.54, 1.807) is 6.20 Å². The number of hydrogen-bond donors (Lipinski definition) is 2. The Morgan fingerprint density at radius 1 is 1.21 bits per heavy atom. The van der Waals surface area contributed by atoms with E-state index in [1.807, 2.05) is 37.5 Å². The van der Waals surface area contributed by atoms with Gasteiger partial charge in [-0.05, 0) is 64.8 Å². The van der Waals surface area contributed by atoms with Crippen molar-refractivity contribution in [3.05, 3.63) is 52.4 Å². The first kappa shape index (κ1) is 25.2. The summed E-state index contributed by atoms with van der Waals surface area (Å²) < 4.78 is 5.41. The molecule has 0 spiro atoms. The maximum atomic E-state index is 12.2. The number of esters is 1. The fourth-order valence-electron chi connectivity index (χ4n) is 4.16. The number of nitriles is 1. The molecule has 34 heavy (non-hydrogen) atoms. The molecule has 0 aromatic heterocycles. The SMILES string of the molecule is C/C(=N\C=C1\CN(C2=C(C#N)CN(CC(=O)OC(C)(C)C)C2)CC1=N)Nc1cc(C)cc(C)c1. The third kappa shape index (κ3) is 6.78. The lowest BCUT2D eigenvalue weighted by Gasteiger charge is -2.23. The van der Waals surface area contributed by atoms with E-state index in [4.69, 9.17) is 10.1 Å². The van der Waals surface area contributed by atoms with Gasteiger partial charge < -0.3 is 20.4 Å². The van der Waals surface area contributed by atoms with Crippen LogP contribution in [0.25, 0.3) is 0 Å². The van der Waals surface area contributed by atoms with Crippen LogP contribution in [0, 0.1) is 30.6 Å². The van der Waals surface area contributed by atoms with Gasteiger partial charge in [-0.2, -0.15) is 5.26 Å². The van der Waals surface area contributed by atoms with Crippen molar-refractivity contribution in [1.82, 2.24) is 9.80 Å². The van der Waals surface area contributed by atoms with Crippen LogP contribution in [0.1, 0.15) is 38.8 Å². The zero-order valence-electron chi connectivity index (χ0n) is 21.0. The molecule has 1 aromatic carbocycles. The van der Waals surface area contributed by atoms with Crippen LogP contribution in [0.2, 0.25) is 0 Å². The average Bonchev–Trinajstić information content (AvgIpc) is 3.26. The number of nitrogens with zero attached hydrogens (tertiary/aromatic N) is 4. The minimum absolute atomic E-state index is 0.132. The highest BCUT2D eigenvalue weighted by Gasteiger charge is 2.32. The van der Waals surface area contributed by atoms with E-state index in [2.05, 4.69) is 48.4 Å². The first-order valence-corrected chi connectivity index (χ1v) is 11.4. The number of carbonyl (C=O) groups is 1. The predicted octanol–water partition coefficient (Wildman–Crippen LogP) is 3.79. The second-order valence-corrected chi connectivity index (χ2v) is 9.97. The summed E-state index contributed by atoms with van der Waals surface area (Å²) in [5, 5.41) is 21.4. The zero-order chi connectivity index (χ0) is 25.0. The van der Waals surface area contributed by atoms with Crippen LogP contribution in [0.15, 0.2) is 46.2 Å². The third-order valence-electron chi connectivity index (χ3n) is 5.45. The summed E-state index contributed by atoms with van der Waals surface area (Å²) in [7, 11) is 0. The lowest BCUT2D eigenvalue weighted by molar-refractivity contribution is -0.155. The molecule has 180 valence electrons. The van der Waals surface area contributed by atoms with Gasteiger partial charge in [-0.1, -0.05) is 6.07 Å². The molecule has 0 aliphatic carbocycles. The summed E-state index contributed by atoms with van der Waals surface area (Å²) in [5.74, 6) is 0.437. The van der Waals surface area contributed by atoms with Crippen LogP contribution < -0.4 is 5.32 Å². The number of nitrogens with one attached hydrogen (secondary N) is 2. The van der Waals surface area contributed by atoms with Gasteiger partial charge in [0.15, 0.2) is 0 Å². The molecule has 0 radical (unpaired) electrons. The third-order valence-corrected chi connectivity index (χ3v) is 5.45. The quantitative estimate of drug-likeness (QED) is 0.392. The molecule has 2 N–H and O–H groups in total. The van der Waals surface area contributed by atoms with E-state index in [1.165, 1.54) is 11.1 Å². The van der Waals surface area contributed by atoms with Gasteiger partial charge in [0.2, 0.25) is 0 Å². The Hall–Kier alpha value is -3.44. The fraction of sp³-hybridized carbons (Fsp3) is 0.462. The molecule has 2 aliphatic heterocycles. The van der Waals surface area contributed by atoms with E-state index in [9.17, 15) is 10.1 Å². The van der Waals surface area contributed by atoms with E-state index < -0.39 is 5.60 Å². The van der Waals surface area contributed by atoms with Crippen molar-refractivity contribution in [2.75, 3.05) is 38.0 Å². The van der Waals surface area contributed by atoms with E-state index in [0.717, 1.165) is 22.8 Å². The van der Waals surface area contributed by atoms with E-state index >= 15 is 0 Å². The number of anilines is 1. The highest BCUT2D eigenvalue weighted by atomic mass is 16.6. The molecule has 0 unspecified atom stereocenters. The van der Waals surface area contributed by atoms with Crippen LogP contribution in [-0.4, -0.2) is 65.6 Å². The maximum absolute atomic E-state index is 12.2. The maximum Gasteiger partial charge on any atom is 0.320 e. The lowest BCUT2D eigenvalue weighted by atomic mass is 10.1. The Bertz CT molecular complexity index is 1100. The molecule has 8 heteroatoms. The Balaban J connectivity index is 1.64. The Morgan fingerprint density at radius 3 is 2.50 bits per heavy atom. The molecule has 8 nitrogen and oxygen atoms in total. The zero-order valence-corrected chi connectivity index (χ0v) is 21.0. The number of benzene rings is 1. The summed E-state index contributed by atoms with van der Waals surface area (Å²) in [6, 6.07) is 8.53. The van der Waals surface area contributed by atoms with Gasteiger partial charge in [-0.3, -0.25) is 9.69 Å². The number of rotatable bonds is 5. The molecule has 1 aromatic rings. The lowest BCUT2D eigenvalue weighted by Crippen LogP contribution is -2.35. The van der Waals surface area contributed by atoms with Crippen LogP contribution in [0.3, 0.4) is 0 Å². The predicted molar refractivity (Wildman–Crippen MR) is 135 cm³/mol. The van der Waals surface area contributed by atoms with Crippen LogP contribution in [-0.2, 0) is 9.53 Å². The highest BCUT2D eigenvalue weighted by molar-refractivity contribution is 6.02. The normalized spacial score (nSPS) is 18.6.